The Balaban J connectivity index is 2.71. The van der Waals surface area contributed by atoms with Crippen LogP contribution in [0, 0.1) is 0 Å². The summed E-state index contributed by atoms with van der Waals surface area (Å²) in [4.78, 5) is 11.9. The third kappa shape index (κ3) is 8.61. The SMILES string of the molecule is CC(C)(C)c1cc(CSCC(=O)OCCSCCS)cc(C(C)(C)C)c1O. The lowest BCUT2D eigenvalue weighted by Crippen LogP contribution is -2.18. The number of rotatable bonds is 9. The van der Waals surface area contributed by atoms with Gasteiger partial charge < -0.3 is 9.84 Å². The number of phenolic OH excluding ortho intramolecular Hbond substituents is 1. The zero-order valence-electron chi connectivity index (χ0n) is 17.4. The Bertz CT molecular complexity index is 581. The summed E-state index contributed by atoms with van der Waals surface area (Å²) in [5.74, 6) is 3.92. The molecule has 0 aliphatic heterocycles. The number of hydrogen-bond donors (Lipinski definition) is 2. The van der Waals surface area contributed by atoms with E-state index in [1.807, 2.05) is 0 Å². The lowest BCUT2D eigenvalue weighted by Gasteiger charge is -2.28. The number of thiol groups is 1. The van der Waals surface area contributed by atoms with E-state index in [9.17, 15) is 9.90 Å². The average molecular weight is 431 g/mol. The molecule has 1 aromatic rings. The van der Waals surface area contributed by atoms with Gasteiger partial charge in [-0.2, -0.15) is 24.4 Å². The van der Waals surface area contributed by atoms with E-state index < -0.39 is 0 Å². The number of phenols is 1. The molecule has 0 aliphatic carbocycles. The number of esters is 1. The first kappa shape index (κ1) is 24.6. The number of carbonyl (C=O) groups is 1. The molecule has 0 atom stereocenters. The van der Waals surface area contributed by atoms with Crippen LogP contribution in [0.5, 0.6) is 5.75 Å². The van der Waals surface area contributed by atoms with Crippen molar-refractivity contribution in [1.82, 2.24) is 0 Å². The van der Waals surface area contributed by atoms with Gasteiger partial charge in [0.15, 0.2) is 0 Å². The van der Waals surface area contributed by atoms with Gasteiger partial charge in [0.2, 0.25) is 0 Å². The number of ether oxygens (including phenoxy) is 1. The van der Waals surface area contributed by atoms with E-state index in [1.165, 1.54) is 0 Å². The summed E-state index contributed by atoms with van der Waals surface area (Å²) in [5, 5.41) is 10.8. The maximum absolute atomic E-state index is 11.9. The molecule has 154 valence electrons. The van der Waals surface area contributed by atoms with Gasteiger partial charge in [-0.3, -0.25) is 4.79 Å². The van der Waals surface area contributed by atoms with Crippen molar-refractivity contribution in [3.8, 4) is 5.75 Å². The van der Waals surface area contributed by atoms with Gasteiger partial charge in [-0.05, 0) is 33.3 Å². The molecule has 1 rings (SSSR count). The average Bonchev–Trinajstić information content (AvgIpc) is 2.53. The largest absolute Gasteiger partial charge is 0.507 e. The third-order valence-electron chi connectivity index (χ3n) is 4.00. The summed E-state index contributed by atoms with van der Waals surface area (Å²) in [6, 6.07) is 4.13. The first-order chi connectivity index (χ1) is 12.5. The van der Waals surface area contributed by atoms with Crippen LogP contribution >= 0.6 is 36.2 Å². The fourth-order valence-corrected chi connectivity index (χ4v) is 4.27. The molecule has 0 saturated heterocycles. The van der Waals surface area contributed by atoms with E-state index in [1.54, 1.807) is 23.5 Å². The quantitative estimate of drug-likeness (QED) is 0.311. The van der Waals surface area contributed by atoms with E-state index in [4.69, 9.17) is 4.74 Å². The first-order valence-electron chi connectivity index (χ1n) is 9.25. The predicted molar refractivity (Wildman–Crippen MR) is 124 cm³/mol. The zero-order valence-corrected chi connectivity index (χ0v) is 20.0. The molecule has 0 saturated carbocycles. The summed E-state index contributed by atoms with van der Waals surface area (Å²) < 4.78 is 5.26. The molecule has 0 spiro atoms. The molecule has 1 aromatic carbocycles. The molecule has 3 nitrogen and oxygen atoms in total. The van der Waals surface area contributed by atoms with Crippen LogP contribution in [0.3, 0.4) is 0 Å². The van der Waals surface area contributed by atoms with Gasteiger partial charge in [0, 0.05) is 17.3 Å². The Kier molecular flexibility index (Phi) is 9.93. The summed E-state index contributed by atoms with van der Waals surface area (Å²) in [5.41, 5.74) is 2.75. The lowest BCUT2D eigenvalue weighted by atomic mass is 9.78. The van der Waals surface area contributed by atoms with Crippen LogP contribution in [0.25, 0.3) is 0 Å². The van der Waals surface area contributed by atoms with Gasteiger partial charge in [0.25, 0.3) is 0 Å². The van der Waals surface area contributed by atoms with E-state index >= 15 is 0 Å². The van der Waals surface area contributed by atoms with Crippen LogP contribution < -0.4 is 0 Å². The van der Waals surface area contributed by atoms with Gasteiger partial charge in [-0.25, -0.2) is 0 Å². The minimum Gasteiger partial charge on any atom is -0.507 e. The van der Waals surface area contributed by atoms with Crippen molar-refractivity contribution in [2.45, 2.75) is 58.1 Å². The van der Waals surface area contributed by atoms with E-state index in [2.05, 4.69) is 66.3 Å². The molecule has 1 N–H and O–H groups in total. The van der Waals surface area contributed by atoms with E-state index in [-0.39, 0.29) is 16.8 Å². The Hall–Kier alpha value is -0.460. The number of carbonyl (C=O) groups excluding carboxylic acids is 1. The number of benzene rings is 1. The van der Waals surface area contributed by atoms with Gasteiger partial charge in [0.05, 0.1) is 5.75 Å². The van der Waals surface area contributed by atoms with Crippen LogP contribution in [0.15, 0.2) is 12.1 Å². The molecular weight excluding hydrogens is 396 g/mol. The minimum atomic E-state index is -0.169. The highest BCUT2D eigenvalue weighted by Crippen LogP contribution is 2.40. The van der Waals surface area contributed by atoms with Gasteiger partial charge in [0.1, 0.15) is 12.4 Å². The zero-order chi connectivity index (χ0) is 20.7. The monoisotopic (exact) mass is 430 g/mol. The molecule has 0 fully saturated rings. The molecule has 0 aliphatic rings. The summed E-state index contributed by atoms with van der Waals surface area (Å²) in [7, 11) is 0. The Morgan fingerprint density at radius 3 is 2.07 bits per heavy atom. The molecular formula is C21H34O3S3. The highest BCUT2D eigenvalue weighted by atomic mass is 32.2. The second-order valence-electron chi connectivity index (χ2n) is 8.59. The third-order valence-corrected chi connectivity index (χ3v) is 6.45. The smallest absolute Gasteiger partial charge is 0.315 e. The first-order valence-corrected chi connectivity index (χ1v) is 12.2. The molecule has 27 heavy (non-hydrogen) atoms. The van der Waals surface area contributed by atoms with Crippen molar-refractivity contribution in [1.29, 1.82) is 0 Å². The van der Waals surface area contributed by atoms with Gasteiger partial charge >= 0.3 is 5.97 Å². The van der Waals surface area contributed by atoms with E-state index in [0.717, 1.165) is 39.7 Å². The Morgan fingerprint density at radius 1 is 1.04 bits per heavy atom. The normalized spacial score (nSPS) is 12.3. The van der Waals surface area contributed by atoms with Crippen molar-refractivity contribution in [3.05, 3.63) is 28.8 Å². The molecule has 0 radical (unpaired) electrons. The van der Waals surface area contributed by atoms with Crippen molar-refractivity contribution in [2.24, 2.45) is 0 Å². The molecule has 6 heteroatoms. The fourth-order valence-electron chi connectivity index (χ4n) is 2.60. The summed E-state index contributed by atoms with van der Waals surface area (Å²) in [6.45, 7) is 13.1. The van der Waals surface area contributed by atoms with Crippen LogP contribution in [-0.4, -0.2) is 40.7 Å². The predicted octanol–water partition coefficient (Wildman–Crippen LogP) is 5.43. The highest BCUT2D eigenvalue weighted by molar-refractivity contribution is 8.00. The number of aromatic hydroxyl groups is 1. The Morgan fingerprint density at radius 2 is 1.59 bits per heavy atom. The van der Waals surface area contributed by atoms with Crippen LogP contribution in [0.2, 0.25) is 0 Å². The molecule has 0 bridgehead atoms. The summed E-state index contributed by atoms with van der Waals surface area (Å²) >= 11 is 7.45. The van der Waals surface area contributed by atoms with Crippen molar-refractivity contribution in [2.75, 3.05) is 29.6 Å². The summed E-state index contributed by atoms with van der Waals surface area (Å²) in [6.07, 6.45) is 0. The fraction of sp³-hybridized carbons (Fsp3) is 0.667. The second-order valence-corrected chi connectivity index (χ2v) is 11.2. The van der Waals surface area contributed by atoms with Crippen molar-refractivity contribution < 1.29 is 14.6 Å². The Labute approximate surface area is 178 Å². The number of hydrogen-bond acceptors (Lipinski definition) is 6. The maximum atomic E-state index is 11.9. The lowest BCUT2D eigenvalue weighted by molar-refractivity contribution is -0.139. The van der Waals surface area contributed by atoms with Crippen molar-refractivity contribution >= 4 is 42.1 Å². The minimum absolute atomic E-state index is 0.144. The van der Waals surface area contributed by atoms with Gasteiger partial charge in [-0.1, -0.05) is 53.7 Å². The van der Waals surface area contributed by atoms with Crippen molar-refractivity contribution in [3.63, 3.8) is 0 Å². The second kappa shape index (κ2) is 10.9. The van der Waals surface area contributed by atoms with Crippen LogP contribution in [-0.2, 0) is 26.1 Å². The molecule has 0 heterocycles. The molecule has 0 aromatic heterocycles. The standard InChI is InChI=1S/C21H34O3S3/c1-20(2,3)16-11-15(12-17(19(16)23)21(4,5)6)13-27-14-18(22)24-7-9-26-10-8-25/h11-12,23,25H,7-10,13-14H2,1-6H3. The highest BCUT2D eigenvalue weighted by Gasteiger charge is 2.26. The van der Waals surface area contributed by atoms with Gasteiger partial charge in [-0.15, -0.1) is 11.8 Å². The molecule has 0 unspecified atom stereocenters. The molecule has 0 amide bonds. The van der Waals surface area contributed by atoms with E-state index in [0.29, 0.717) is 18.1 Å². The topological polar surface area (TPSA) is 46.5 Å². The maximum Gasteiger partial charge on any atom is 0.315 e. The van der Waals surface area contributed by atoms with Crippen LogP contribution in [0.4, 0.5) is 0 Å². The van der Waals surface area contributed by atoms with Crippen LogP contribution in [0.1, 0.15) is 58.2 Å². The number of thioether (sulfide) groups is 2.